The fourth-order valence-corrected chi connectivity index (χ4v) is 1.54. The molecule has 0 saturated carbocycles. The van der Waals surface area contributed by atoms with Gasteiger partial charge in [0.05, 0.1) is 18.6 Å². The minimum atomic E-state index is -0.654. The Hall–Kier alpha value is -1.33. The maximum atomic E-state index is 9.73. The lowest BCUT2D eigenvalue weighted by Crippen LogP contribution is -2.02. The molecule has 74 valence electrons. The number of nitrogens with zero attached hydrogens (tertiary/aromatic N) is 1. The summed E-state index contributed by atoms with van der Waals surface area (Å²) in [7, 11) is 0. The molecule has 2 heteroatoms. The van der Waals surface area contributed by atoms with Gasteiger partial charge < -0.3 is 5.11 Å². The van der Waals surface area contributed by atoms with Gasteiger partial charge in [-0.1, -0.05) is 38.1 Å². The van der Waals surface area contributed by atoms with Gasteiger partial charge in [0.15, 0.2) is 0 Å². The highest BCUT2D eigenvalue weighted by Crippen LogP contribution is 2.26. The minimum absolute atomic E-state index is 0.156. The number of nitriles is 1. The van der Waals surface area contributed by atoms with Crippen molar-refractivity contribution in [1.82, 2.24) is 0 Å². The quantitative estimate of drug-likeness (QED) is 0.794. The Morgan fingerprint density at radius 1 is 1.29 bits per heavy atom. The molecule has 0 aliphatic rings. The topological polar surface area (TPSA) is 44.0 Å². The van der Waals surface area contributed by atoms with Crippen molar-refractivity contribution < 1.29 is 5.11 Å². The molecule has 1 atom stereocenters. The zero-order valence-electron chi connectivity index (χ0n) is 8.57. The second kappa shape index (κ2) is 4.78. The Morgan fingerprint density at radius 3 is 2.36 bits per heavy atom. The molecule has 0 fully saturated rings. The van der Waals surface area contributed by atoms with Crippen LogP contribution in [0.25, 0.3) is 0 Å². The fourth-order valence-electron chi connectivity index (χ4n) is 1.54. The lowest BCUT2D eigenvalue weighted by atomic mass is 9.93. The van der Waals surface area contributed by atoms with Crippen molar-refractivity contribution in [1.29, 1.82) is 5.26 Å². The predicted octanol–water partition coefficient (Wildman–Crippen LogP) is 2.76. The molecule has 1 aromatic carbocycles. The second-order valence-corrected chi connectivity index (χ2v) is 3.66. The zero-order valence-corrected chi connectivity index (χ0v) is 8.57. The van der Waals surface area contributed by atoms with Crippen LogP contribution in [0.1, 0.15) is 43.4 Å². The van der Waals surface area contributed by atoms with Crippen molar-refractivity contribution in [3.8, 4) is 6.07 Å². The van der Waals surface area contributed by atoms with Crippen LogP contribution in [0.5, 0.6) is 0 Å². The Balaban J connectivity index is 3.01. The van der Waals surface area contributed by atoms with Gasteiger partial charge in [0.25, 0.3) is 0 Å². The molecule has 0 radical (unpaired) electrons. The molecule has 0 amide bonds. The highest BCUT2D eigenvalue weighted by atomic mass is 16.3. The van der Waals surface area contributed by atoms with Gasteiger partial charge in [-0.05, 0) is 17.0 Å². The van der Waals surface area contributed by atoms with Gasteiger partial charge >= 0.3 is 0 Å². The fraction of sp³-hybridized carbons (Fsp3) is 0.417. The van der Waals surface area contributed by atoms with Gasteiger partial charge in [-0.15, -0.1) is 0 Å². The van der Waals surface area contributed by atoms with Crippen molar-refractivity contribution in [2.45, 2.75) is 32.3 Å². The first-order valence-electron chi connectivity index (χ1n) is 4.80. The van der Waals surface area contributed by atoms with Crippen molar-refractivity contribution in [2.75, 3.05) is 0 Å². The normalized spacial score (nSPS) is 12.5. The Kier molecular flexibility index (Phi) is 3.67. The van der Waals surface area contributed by atoms with Crippen molar-refractivity contribution >= 4 is 0 Å². The van der Waals surface area contributed by atoms with E-state index >= 15 is 0 Å². The van der Waals surface area contributed by atoms with Gasteiger partial charge in [-0.2, -0.15) is 5.26 Å². The summed E-state index contributed by atoms with van der Waals surface area (Å²) in [5.41, 5.74) is 2.00. The molecule has 0 spiro atoms. The van der Waals surface area contributed by atoms with Crippen LogP contribution in [0.2, 0.25) is 0 Å². The largest absolute Gasteiger partial charge is 0.387 e. The lowest BCUT2D eigenvalue weighted by Gasteiger charge is -2.15. The molecule has 0 aliphatic carbocycles. The number of rotatable bonds is 3. The lowest BCUT2D eigenvalue weighted by molar-refractivity contribution is 0.182. The molecule has 0 aliphatic heterocycles. The van der Waals surface area contributed by atoms with Gasteiger partial charge in [-0.25, -0.2) is 0 Å². The molecule has 0 aromatic heterocycles. The number of aliphatic hydroxyl groups excluding tert-OH is 1. The van der Waals surface area contributed by atoms with Crippen LogP contribution in [0.15, 0.2) is 24.3 Å². The molecule has 0 heterocycles. The molecule has 2 nitrogen and oxygen atoms in total. The highest BCUT2D eigenvalue weighted by Gasteiger charge is 2.12. The van der Waals surface area contributed by atoms with Gasteiger partial charge in [0, 0.05) is 0 Å². The maximum Gasteiger partial charge on any atom is 0.0922 e. The molecular formula is C12H15NO. The summed E-state index contributed by atoms with van der Waals surface area (Å²) in [6.07, 6.45) is -0.498. The van der Waals surface area contributed by atoms with E-state index in [9.17, 15) is 5.11 Å². The van der Waals surface area contributed by atoms with Gasteiger partial charge in [0.2, 0.25) is 0 Å². The van der Waals surface area contributed by atoms with E-state index in [4.69, 9.17) is 5.26 Å². The van der Waals surface area contributed by atoms with E-state index in [0.29, 0.717) is 5.92 Å². The summed E-state index contributed by atoms with van der Waals surface area (Å²) in [4.78, 5) is 0. The highest BCUT2D eigenvalue weighted by molar-refractivity contribution is 5.31. The molecule has 0 bridgehead atoms. The van der Waals surface area contributed by atoms with E-state index in [1.165, 1.54) is 0 Å². The van der Waals surface area contributed by atoms with Crippen LogP contribution in [-0.2, 0) is 0 Å². The average molecular weight is 189 g/mol. The Bertz CT molecular complexity index is 338. The molecule has 14 heavy (non-hydrogen) atoms. The molecular weight excluding hydrogens is 174 g/mol. The van der Waals surface area contributed by atoms with E-state index in [1.54, 1.807) is 0 Å². The standard InChI is InChI=1S/C12H15NO/c1-9(2)10-5-3-4-6-11(10)12(14)7-8-13/h3-6,9,12,14H,7H2,1-2H3. The summed E-state index contributed by atoms with van der Waals surface area (Å²) in [5.74, 6) is 0.375. The van der Waals surface area contributed by atoms with Crippen molar-refractivity contribution in [3.63, 3.8) is 0 Å². The second-order valence-electron chi connectivity index (χ2n) is 3.66. The van der Waals surface area contributed by atoms with Crippen LogP contribution in [0.3, 0.4) is 0 Å². The summed E-state index contributed by atoms with van der Waals surface area (Å²) in [5, 5.41) is 18.2. The van der Waals surface area contributed by atoms with E-state index in [2.05, 4.69) is 13.8 Å². The third-order valence-corrected chi connectivity index (χ3v) is 2.26. The monoisotopic (exact) mass is 189 g/mol. The number of hydrogen-bond acceptors (Lipinski definition) is 2. The molecule has 1 unspecified atom stereocenters. The number of hydrogen-bond donors (Lipinski definition) is 1. The predicted molar refractivity (Wildman–Crippen MR) is 55.7 cm³/mol. The van der Waals surface area contributed by atoms with E-state index in [1.807, 2.05) is 30.3 Å². The SMILES string of the molecule is CC(C)c1ccccc1C(O)CC#N. The van der Waals surface area contributed by atoms with Crippen molar-refractivity contribution in [3.05, 3.63) is 35.4 Å². The first kappa shape index (κ1) is 10.7. The Labute approximate surface area is 84.8 Å². The van der Waals surface area contributed by atoms with Gasteiger partial charge in [-0.3, -0.25) is 0 Å². The van der Waals surface area contributed by atoms with Gasteiger partial charge in [0.1, 0.15) is 0 Å². The third-order valence-electron chi connectivity index (χ3n) is 2.26. The minimum Gasteiger partial charge on any atom is -0.387 e. The summed E-state index contributed by atoms with van der Waals surface area (Å²) < 4.78 is 0. The van der Waals surface area contributed by atoms with Crippen LogP contribution in [0, 0.1) is 11.3 Å². The smallest absolute Gasteiger partial charge is 0.0922 e. The van der Waals surface area contributed by atoms with E-state index in [-0.39, 0.29) is 6.42 Å². The molecule has 1 aromatic rings. The summed E-state index contributed by atoms with van der Waals surface area (Å²) in [6, 6.07) is 9.72. The Morgan fingerprint density at radius 2 is 1.86 bits per heavy atom. The van der Waals surface area contributed by atoms with Crippen LogP contribution in [-0.4, -0.2) is 5.11 Å². The maximum absolute atomic E-state index is 9.73. The number of benzene rings is 1. The van der Waals surface area contributed by atoms with Crippen molar-refractivity contribution in [2.24, 2.45) is 0 Å². The van der Waals surface area contributed by atoms with Crippen LogP contribution in [0.4, 0.5) is 0 Å². The summed E-state index contributed by atoms with van der Waals surface area (Å²) in [6.45, 7) is 4.16. The summed E-state index contributed by atoms with van der Waals surface area (Å²) >= 11 is 0. The first-order chi connectivity index (χ1) is 6.66. The number of aliphatic hydroxyl groups is 1. The van der Waals surface area contributed by atoms with E-state index < -0.39 is 6.10 Å². The first-order valence-corrected chi connectivity index (χ1v) is 4.80. The zero-order chi connectivity index (χ0) is 10.6. The molecule has 1 rings (SSSR count). The van der Waals surface area contributed by atoms with Crippen LogP contribution >= 0.6 is 0 Å². The third kappa shape index (κ3) is 2.34. The average Bonchev–Trinajstić information content (AvgIpc) is 2.18. The van der Waals surface area contributed by atoms with E-state index in [0.717, 1.165) is 11.1 Å². The molecule has 0 saturated heterocycles. The molecule has 1 N–H and O–H groups in total. The van der Waals surface area contributed by atoms with Crippen LogP contribution < -0.4 is 0 Å².